The topological polar surface area (TPSA) is 46.3 Å². The molecular formula is C21H20N2O2S. The smallest absolute Gasteiger partial charge is 0.280 e. The van der Waals surface area contributed by atoms with E-state index in [1.165, 1.54) is 4.90 Å². The van der Waals surface area contributed by atoms with Gasteiger partial charge in [-0.25, -0.2) is 0 Å². The standard InChI is InChI=1S/C21H20N2O2S/c1-3-12-23(17-10-6-4-8-14(17)2)21(24)19-16-13-26-18-11-7-5-9-15(18)20(16)25-22-19/h4-11H,3,12-13H2,1-2H3. The lowest BCUT2D eigenvalue weighted by Crippen LogP contribution is -2.33. The number of amides is 1. The molecule has 2 heterocycles. The van der Waals surface area contributed by atoms with Crippen LogP contribution in [0.25, 0.3) is 11.3 Å². The highest BCUT2D eigenvalue weighted by molar-refractivity contribution is 7.98. The molecule has 1 aromatic heterocycles. The zero-order valence-corrected chi connectivity index (χ0v) is 15.7. The Kier molecular flexibility index (Phi) is 4.55. The fourth-order valence-corrected chi connectivity index (χ4v) is 4.36. The number of fused-ring (bicyclic) bond motifs is 3. The predicted octanol–water partition coefficient (Wildman–Crippen LogP) is 5.31. The van der Waals surface area contributed by atoms with Crippen LogP contribution in [0.5, 0.6) is 0 Å². The summed E-state index contributed by atoms with van der Waals surface area (Å²) in [7, 11) is 0. The maximum absolute atomic E-state index is 13.3. The molecule has 4 rings (SSSR count). The summed E-state index contributed by atoms with van der Waals surface area (Å²) in [5.41, 5.74) is 4.35. The van der Waals surface area contributed by atoms with Crippen LogP contribution >= 0.6 is 11.8 Å². The van der Waals surface area contributed by atoms with Crippen LogP contribution in [-0.4, -0.2) is 17.6 Å². The average molecular weight is 364 g/mol. The Morgan fingerprint density at radius 3 is 2.77 bits per heavy atom. The molecule has 0 fully saturated rings. The van der Waals surface area contributed by atoms with Gasteiger partial charge in [-0.15, -0.1) is 11.8 Å². The minimum absolute atomic E-state index is 0.0915. The van der Waals surface area contributed by atoms with E-state index in [0.29, 0.717) is 18.0 Å². The number of nitrogens with zero attached hydrogens (tertiary/aromatic N) is 2. The molecule has 132 valence electrons. The summed E-state index contributed by atoms with van der Waals surface area (Å²) >= 11 is 1.72. The lowest BCUT2D eigenvalue weighted by Gasteiger charge is -2.23. The number of anilines is 1. The number of hydrogen-bond donors (Lipinski definition) is 0. The first kappa shape index (κ1) is 16.9. The van der Waals surface area contributed by atoms with Crippen molar-refractivity contribution in [1.29, 1.82) is 0 Å². The molecule has 2 aromatic carbocycles. The number of aromatic nitrogens is 1. The fourth-order valence-electron chi connectivity index (χ4n) is 3.30. The van der Waals surface area contributed by atoms with Crippen molar-refractivity contribution in [1.82, 2.24) is 5.16 Å². The van der Waals surface area contributed by atoms with Gasteiger partial charge in [-0.3, -0.25) is 4.79 Å². The summed E-state index contributed by atoms with van der Waals surface area (Å²) < 4.78 is 5.62. The molecule has 26 heavy (non-hydrogen) atoms. The van der Waals surface area contributed by atoms with Gasteiger partial charge in [0.15, 0.2) is 11.5 Å². The van der Waals surface area contributed by atoms with E-state index in [0.717, 1.165) is 34.6 Å². The third-order valence-electron chi connectivity index (χ3n) is 4.59. The van der Waals surface area contributed by atoms with Crippen molar-refractivity contribution in [3.8, 4) is 11.3 Å². The number of hydrogen-bond acceptors (Lipinski definition) is 4. The van der Waals surface area contributed by atoms with E-state index in [4.69, 9.17) is 4.52 Å². The van der Waals surface area contributed by atoms with Gasteiger partial charge in [-0.2, -0.15) is 0 Å². The molecule has 0 radical (unpaired) electrons. The summed E-state index contributed by atoms with van der Waals surface area (Å²) in [4.78, 5) is 16.3. The number of para-hydroxylation sites is 1. The molecule has 0 saturated carbocycles. The van der Waals surface area contributed by atoms with Crippen molar-refractivity contribution < 1.29 is 9.32 Å². The molecule has 0 atom stereocenters. The highest BCUT2D eigenvalue weighted by Crippen LogP contribution is 2.43. The van der Waals surface area contributed by atoms with Crippen molar-refractivity contribution >= 4 is 23.4 Å². The Balaban J connectivity index is 1.75. The van der Waals surface area contributed by atoms with E-state index in [-0.39, 0.29) is 5.91 Å². The molecule has 0 aliphatic carbocycles. The molecule has 0 unspecified atom stereocenters. The molecular weight excluding hydrogens is 344 g/mol. The molecule has 0 saturated heterocycles. The van der Waals surface area contributed by atoms with Gasteiger partial charge in [-0.05, 0) is 37.1 Å². The van der Waals surface area contributed by atoms with Crippen molar-refractivity contribution in [3.05, 3.63) is 65.4 Å². The predicted molar refractivity (Wildman–Crippen MR) is 105 cm³/mol. The van der Waals surface area contributed by atoms with Crippen LogP contribution < -0.4 is 4.90 Å². The second-order valence-corrected chi connectivity index (χ2v) is 7.38. The monoisotopic (exact) mass is 364 g/mol. The highest BCUT2D eigenvalue weighted by Gasteiger charge is 2.30. The van der Waals surface area contributed by atoms with Crippen molar-refractivity contribution in [3.63, 3.8) is 0 Å². The van der Waals surface area contributed by atoms with Crippen LogP contribution in [0.3, 0.4) is 0 Å². The van der Waals surface area contributed by atoms with Crippen molar-refractivity contribution in [2.45, 2.75) is 30.9 Å². The lowest BCUT2D eigenvalue weighted by atomic mass is 10.1. The Morgan fingerprint density at radius 2 is 1.96 bits per heavy atom. The Bertz CT molecular complexity index is 964. The largest absolute Gasteiger partial charge is 0.355 e. The van der Waals surface area contributed by atoms with E-state index >= 15 is 0 Å². The first-order chi connectivity index (χ1) is 12.7. The molecule has 1 aliphatic rings. The number of benzene rings is 2. The minimum atomic E-state index is -0.0915. The fraction of sp³-hybridized carbons (Fsp3) is 0.238. The average Bonchev–Trinajstić information content (AvgIpc) is 3.11. The van der Waals surface area contributed by atoms with Gasteiger partial charge in [0.05, 0.1) is 0 Å². The van der Waals surface area contributed by atoms with Crippen LogP contribution in [-0.2, 0) is 5.75 Å². The van der Waals surface area contributed by atoms with Crippen LogP contribution in [0.15, 0.2) is 57.9 Å². The van der Waals surface area contributed by atoms with Gasteiger partial charge in [0.25, 0.3) is 5.91 Å². The zero-order chi connectivity index (χ0) is 18.1. The first-order valence-electron chi connectivity index (χ1n) is 8.79. The first-order valence-corrected chi connectivity index (χ1v) is 9.77. The number of carbonyl (C=O) groups is 1. The summed E-state index contributed by atoms with van der Waals surface area (Å²) in [5, 5.41) is 4.18. The molecule has 3 aromatic rings. The van der Waals surface area contributed by atoms with Gasteiger partial charge < -0.3 is 9.42 Å². The van der Waals surface area contributed by atoms with E-state index in [1.54, 1.807) is 11.8 Å². The van der Waals surface area contributed by atoms with Gasteiger partial charge in [-0.1, -0.05) is 42.4 Å². The molecule has 0 spiro atoms. The van der Waals surface area contributed by atoms with Crippen LogP contribution in [0.4, 0.5) is 5.69 Å². The maximum atomic E-state index is 13.3. The van der Waals surface area contributed by atoms with Crippen molar-refractivity contribution in [2.75, 3.05) is 11.4 Å². The van der Waals surface area contributed by atoms with Gasteiger partial charge >= 0.3 is 0 Å². The Labute approximate surface area is 157 Å². The van der Waals surface area contributed by atoms with E-state index in [9.17, 15) is 4.79 Å². The number of thioether (sulfide) groups is 1. The normalized spacial score (nSPS) is 12.4. The van der Waals surface area contributed by atoms with Gasteiger partial charge in [0.2, 0.25) is 0 Å². The van der Waals surface area contributed by atoms with Gasteiger partial charge in [0.1, 0.15) is 0 Å². The lowest BCUT2D eigenvalue weighted by molar-refractivity contribution is 0.0977. The van der Waals surface area contributed by atoms with E-state index < -0.39 is 0 Å². The summed E-state index contributed by atoms with van der Waals surface area (Å²) in [6, 6.07) is 16.0. The number of rotatable bonds is 4. The summed E-state index contributed by atoms with van der Waals surface area (Å²) in [6.45, 7) is 4.74. The second-order valence-electron chi connectivity index (χ2n) is 6.37. The molecule has 1 amide bonds. The molecule has 1 aliphatic heterocycles. The van der Waals surface area contributed by atoms with Crippen LogP contribution in [0.1, 0.15) is 35.0 Å². The SMILES string of the molecule is CCCN(C(=O)c1noc2c1CSc1ccccc1-2)c1ccccc1C. The summed E-state index contributed by atoms with van der Waals surface area (Å²) in [6.07, 6.45) is 0.873. The van der Waals surface area contributed by atoms with E-state index in [2.05, 4.69) is 18.1 Å². The van der Waals surface area contributed by atoms with E-state index in [1.807, 2.05) is 54.3 Å². The zero-order valence-electron chi connectivity index (χ0n) is 14.9. The molecule has 5 heteroatoms. The van der Waals surface area contributed by atoms with Crippen LogP contribution in [0, 0.1) is 6.92 Å². The number of carbonyl (C=O) groups excluding carboxylic acids is 1. The minimum Gasteiger partial charge on any atom is -0.355 e. The summed E-state index contributed by atoms with van der Waals surface area (Å²) in [5.74, 6) is 1.33. The molecule has 4 nitrogen and oxygen atoms in total. The highest BCUT2D eigenvalue weighted by atomic mass is 32.2. The second kappa shape index (κ2) is 7.00. The number of aryl methyl sites for hydroxylation is 1. The Hall–Kier alpha value is -2.53. The molecule has 0 bridgehead atoms. The van der Waals surface area contributed by atoms with Crippen molar-refractivity contribution in [2.24, 2.45) is 0 Å². The van der Waals surface area contributed by atoms with Crippen LogP contribution in [0.2, 0.25) is 0 Å². The Morgan fingerprint density at radius 1 is 1.19 bits per heavy atom. The molecule has 0 N–H and O–H groups in total. The third kappa shape index (κ3) is 2.82. The quantitative estimate of drug-likeness (QED) is 0.629. The maximum Gasteiger partial charge on any atom is 0.280 e. The van der Waals surface area contributed by atoms with Gasteiger partial charge in [0, 0.05) is 34.0 Å². The third-order valence-corrected chi connectivity index (χ3v) is 5.69.